The van der Waals surface area contributed by atoms with Crippen LogP contribution in [0, 0.1) is 0 Å². The molecule has 1 fully saturated rings. The van der Waals surface area contributed by atoms with Gasteiger partial charge in [-0.25, -0.2) is 0 Å². The van der Waals surface area contributed by atoms with E-state index >= 15 is 0 Å². The molecule has 21 heavy (non-hydrogen) atoms. The topological polar surface area (TPSA) is 66.4 Å². The zero-order chi connectivity index (χ0) is 15.1. The zero-order valence-electron chi connectivity index (χ0n) is 12.3. The third-order valence-corrected chi connectivity index (χ3v) is 4.21. The Labute approximate surface area is 125 Å². The van der Waals surface area contributed by atoms with Gasteiger partial charge in [-0.15, -0.1) is 0 Å². The van der Waals surface area contributed by atoms with E-state index in [0.29, 0.717) is 19.3 Å². The van der Waals surface area contributed by atoms with Gasteiger partial charge in [-0.3, -0.25) is 9.59 Å². The van der Waals surface area contributed by atoms with Crippen molar-refractivity contribution in [1.82, 2.24) is 5.32 Å². The van der Waals surface area contributed by atoms with Gasteiger partial charge in [-0.1, -0.05) is 43.2 Å². The summed E-state index contributed by atoms with van der Waals surface area (Å²) in [4.78, 5) is 22.6. The average molecular weight is 289 g/mol. The van der Waals surface area contributed by atoms with Crippen molar-refractivity contribution >= 4 is 11.9 Å². The maximum absolute atomic E-state index is 12.2. The SMILES string of the molecule is O=C(O)CCCCC(=O)NC1(c2ccccc2)CCCC1. The molecule has 1 aromatic rings. The van der Waals surface area contributed by atoms with Gasteiger partial charge in [0, 0.05) is 12.8 Å². The lowest BCUT2D eigenvalue weighted by Crippen LogP contribution is -2.43. The maximum Gasteiger partial charge on any atom is 0.303 e. The standard InChI is InChI=1S/C17H23NO3/c19-15(10-4-5-11-16(20)21)18-17(12-6-7-13-17)14-8-2-1-3-9-14/h1-3,8-9H,4-7,10-13H2,(H,18,19)(H,20,21). The quantitative estimate of drug-likeness (QED) is 0.757. The Balaban J connectivity index is 1.91. The molecule has 1 saturated carbocycles. The minimum absolute atomic E-state index is 0.0335. The Morgan fingerprint density at radius 3 is 2.29 bits per heavy atom. The molecule has 0 aromatic heterocycles. The van der Waals surface area contributed by atoms with Crippen molar-refractivity contribution in [1.29, 1.82) is 0 Å². The fourth-order valence-corrected chi connectivity index (χ4v) is 3.11. The van der Waals surface area contributed by atoms with Crippen LogP contribution in [0.4, 0.5) is 0 Å². The Morgan fingerprint density at radius 2 is 1.67 bits per heavy atom. The van der Waals surface area contributed by atoms with Crippen LogP contribution in [0.2, 0.25) is 0 Å². The van der Waals surface area contributed by atoms with Crippen LogP contribution < -0.4 is 5.32 Å². The molecular formula is C17H23NO3. The van der Waals surface area contributed by atoms with Crippen LogP contribution in [0.3, 0.4) is 0 Å². The van der Waals surface area contributed by atoms with E-state index in [2.05, 4.69) is 17.4 Å². The lowest BCUT2D eigenvalue weighted by Gasteiger charge is -2.31. The van der Waals surface area contributed by atoms with Crippen molar-refractivity contribution < 1.29 is 14.7 Å². The molecule has 2 N–H and O–H groups in total. The van der Waals surface area contributed by atoms with Gasteiger partial charge in [0.1, 0.15) is 0 Å². The molecule has 0 atom stereocenters. The highest BCUT2D eigenvalue weighted by molar-refractivity contribution is 5.77. The average Bonchev–Trinajstić information content (AvgIpc) is 2.94. The van der Waals surface area contributed by atoms with Crippen molar-refractivity contribution in [3.8, 4) is 0 Å². The monoisotopic (exact) mass is 289 g/mol. The number of hydrogen-bond acceptors (Lipinski definition) is 2. The lowest BCUT2D eigenvalue weighted by atomic mass is 9.88. The first-order valence-corrected chi connectivity index (χ1v) is 7.71. The summed E-state index contributed by atoms with van der Waals surface area (Å²) < 4.78 is 0. The van der Waals surface area contributed by atoms with Crippen LogP contribution in [-0.4, -0.2) is 17.0 Å². The lowest BCUT2D eigenvalue weighted by molar-refractivity contribution is -0.137. The molecule has 0 aliphatic heterocycles. The Kier molecular flexibility index (Phi) is 5.37. The van der Waals surface area contributed by atoms with Gasteiger partial charge >= 0.3 is 5.97 Å². The molecule has 1 aromatic carbocycles. The highest BCUT2D eigenvalue weighted by Crippen LogP contribution is 2.38. The summed E-state index contributed by atoms with van der Waals surface area (Å²) in [5.74, 6) is -0.766. The molecular weight excluding hydrogens is 266 g/mol. The fourth-order valence-electron chi connectivity index (χ4n) is 3.11. The highest BCUT2D eigenvalue weighted by atomic mass is 16.4. The number of carboxylic acid groups (broad SMARTS) is 1. The number of nitrogens with one attached hydrogen (secondary N) is 1. The highest BCUT2D eigenvalue weighted by Gasteiger charge is 2.36. The van der Waals surface area contributed by atoms with Crippen LogP contribution in [0.15, 0.2) is 30.3 Å². The van der Waals surface area contributed by atoms with Crippen LogP contribution in [0.25, 0.3) is 0 Å². The number of aliphatic carboxylic acids is 1. The summed E-state index contributed by atoms with van der Waals surface area (Å²) >= 11 is 0. The van der Waals surface area contributed by atoms with Crippen LogP contribution in [0.5, 0.6) is 0 Å². The van der Waals surface area contributed by atoms with Crippen molar-refractivity contribution in [3.05, 3.63) is 35.9 Å². The fraction of sp³-hybridized carbons (Fsp3) is 0.529. The molecule has 0 heterocycles. The second-order valence-corrected chi connectivity index (χ2v) is 5.80. The Hall–Kier alpha value is -1.84. The molecule has 1 amide bonds. The first kappa shape index (κ1) is 15.5. The largest absolute Gasteiger partial charge is 0.481 e. The molecule has 0 bridgehead atoms. The molecule has 4 nitrogen and oxygen atoms in total. The molecule has 0 radical (unpaired) electrons. The van der Waals surface area contributed by atoms with E-state index in [4.69, 9.17) is 5.11 Å². The molecule has 0 spiro atoms. The molecule has 1 aliphatic carbocycles. The van der Waals surface area contributed by atoms with Gasteiger partial charge in [0.05, 0.1) is 5.54 Å². The van der Waals surface area contributed by atoms with E-state index < -0.39 is 5.97 Å². The normalized spacial score (nSPS) is 16.6. The van der Waals surface area contributed by atoms with Gasteiger partial charge in [0.2, 0.25) is 5.91 Å². The summed E-state index contributed by atoms with van der Waals surface area (Å²) in [5.41, 5.74) is 0.965. The van der Waals surface area contributed by atoms with Crippen LogP contribution >= 0.6 is 0 Å². The number of carboxylic acids is 1. The number of rotatable bonds is 7. The van der Waals surface area contributed by atoms with Crippen molar-refractivity contribution in [2.24, 2.45) is 0 Å². The van der Waals surface area contributed by atoms with E-state index in [-0.39, 0.29) is 17.9 Å². The third-order valence-electron chi connectivity index (χ3n) is 4.21. The number of benzene rings is 1. The second kappa shape index (κ2) is 7.25. The zero-order valence-corrected chi connectivity index (χ0v) is 12.3. The van der Waals surface area contributed by atoms with Crippen molar-refractivity contribution in [3.63, 3.8) is 0 Å². The molecule has 0 unspecified atom stereocenters. The predicted molar refractivity (Wildman–Crippen MR) is 80.8 cm³/mol. The minimum atomic E-state index is -0.799. The Bertz CT molecular complexity index is 478. The molecule has 0 saturated heterocycles. The number of hydrogen-bond donors (Lipinski definition) is 2. The maximum atomic E-state index is 12.2. The third kappa shape index (κ3) is 4.31. The van der Waals surface area contributed by atoms with Gasteiger partial charge < -0.3 is 10.4 Å². The van der Waals surface area contributed by atoms with Gasteiger partial charge in [0.25, 0.3) is 0 Å². The van der Waals surface area contributed by atoms with E-state index in [1.54, 1.807) is 0 Å². The second-order valence-electron chi connectivity index (χ2n) is 5.80. The van der Waals surface area contributed by atoms with E-state index in [9.17, 15) is 9.59 Å². The molecule has 4 heteroatoms. The van der Waals surface area contributed by atoms with Gasteiger partial charge in [-0.2, -0.15) is 0 Å². The molecule has 2 rings (SSSR count). The van der Waals surface area contributed by atoms with Gasteiger partial charge in [-0.05, 0) is 31.2 Å². The van der Waals surface area contributed by atoms with Crippen molar-refractivity contribution in [2.75, 3.05) is 0 Å². The summed E-state index contributed by atoms with van der Waals surface area (Å²) in [7, 11) is 0. The number of amides is 1. The first-order chi connectivity index (χ1) is 10.1. The Morgan fingerprint density at radius 1 is 1.05 bits per heavy atom. The summed E-state index contributed by atoms with van der Waals surface area (Å²) in [5, 5.41) is 11.8. The van der Waals surface area contributed by atoms with E-state index in [1.807, 2.05) is 18.2 Å². The molecule has 1 aliphatic rings. The summed E-state index contributed by atoms with van der Waals surface area (Å²) in [6.45, 7) is 0. The van der Waals surface area contributed by atoms with Gasteiger partial charge in [0.15, 0.2) is 0 Å². The van der Waals surface area contributed by atoms with Crippen LogP contribution in [-0.2, 0) is 15.1 Å². The summed E-state index contributed by atoms with van der Waals surface area (Å²) in [6.07, 6.45) is 5.96. The smallest absolute Gasteiger partial charge is 0.303 e. The number of unbranched alkanes of at least 4 members (excludes halogenated alkanes) is 1. The first-order valence-electron chi connectivity index (χ1n) is 7.71. The minimum Gasteiger partial charge on any atom is -0.481 e. The van der Waals surface area contributed by atoms with Crippen LogP contribution in [0.1, 0.15) is 56.9 Å². The molecule has 114 valence electrons. The van der Waals surface area contributed by atoms with Crippen molar-refractivity contribution in [2.45, 2.75) is 56.9 Å². The summed E-state index contributed by atoms with van der Waals surface area (Å²) in [6, 6.07) is 10.2. The van der Waals surface area contributed by atoms with E-state index in [0.717, 1.165) is 25.7 Å². The number of carbonyl (C=O) groups excluding carboxylic acids is 1. The van der Waals surface area contributed by atoms with E-state index in [1.165, 1.54) is 5.56 Å². The number of carbonyl (C=O) groups is 2. The predicted octanol–water partition coefficient (Wildman–Crippen LogP) is 3.22.